The molecule has 3 rings (SSSR count). The fraction of sp³-hybridized carbons (Fsp3) is 0.467. The highest BCUT2D eigenvalue weighted by Crippen LogP contribution is 2.31. The molecule has 1 aliphatic heterocycles. The van der Waals surface area contributed by atoms with Crippen LogP contribution < -0.4 is 10.4 Å². The van der Waals surface area contributed by atoms with Crippen LogP contribution in [0, 0.1) is 0 Å². The minimum absolute atomic E-state index is 0.0553. The first-order valence-electron chi connectivity index (χ1n) is 7.85. The predicted molar refractivity (Wildman–Crippen MR) is 82.6 cm³/mol. The second kappa shape index (κ2) is 6.46. The Kier molecular flexibility index (Phi) is 4.46. The molecule has 0 saturated heterocycles. The number of pyridine rings is 1. The highest BCUT2D eigenvalue weighted by Gasteiger charge is 2.35. The molecule has 0 unspecified atom stereocenters. The first-order chi connectivity index (χ1) is 12.2. The summed E-state index contributed by atoms with van der Waals surface area (Å²) in [5, 5.41) is 6.13. The number of halogens is 3. The van der Waals surface area contributed by atoms with Gasteiger partial charge in [0.15, 0.2) is 5.82 Å². The van der Waals surface area contributed by atoms with Gasteiger partial charge in [-0.05, 0) is 26.0 Å². The Morgan fingerprint density at radius 3 is 2.69 bits per heavy atom. The van der Waals surface area contributed by atoms with Crippen LogP contribution in [0.5, 0.6) is 5.88 Å². The minimum atomic E-state index is -4.65. The Morgan fingerprint density at radius 2 is 2.04 bits per heavy atom. The molecule has 2 aromatic rings. The number of fused-ring (bicyclic) bond motifs is 1. The molecule has 11 heteroatoms. The lowest BCUT2D eigenvalue weighted by molar-refractivity contribution is -0.141. The number of nitrogens with one attached hydrogen (secondary N) is 1. The Bertz CT molecular complexity index is 887. The second-order valence-corrected chi connectivity index (χ2v) is 6.04. The van der Waals surface area contributed by atoms with Crippen LogP contribution >= 0.6 is 0 Å². The largest absolute Gasteiger partial charge is 0.474 e. The first kappa shape index (κ1) is 18.0. The third-order valence-corrected chi connectivity index (χ3v) is 3.78. The van der Waals surface area contributed by atoms with E-state index in [1.165, 1.54) is 9.47 Å². The average molecular weight is 371 g/mol. The van der Waals surface area contributed by atoms with E-state index in [-0.39, 0.29) is 36.8 Å². The molecule has 1 N–H and O–H groups in total. The van der Waals surface area contributed by atoms with E-state index in [4.69, 9.17) is 4.74 Å². The summed E-state index contributed by atoms with van der Waals surface area (Å²) in [5.41, 5.74) is -1.57. The Morgan fingerprint density at radius 1 is 1.31 bits per heavy atom. The topological polar surface area (TPSA) is 93.1 Å². The van der Waals surface area contributed by atoms with Gasteiger partial charge in [-0.25, -0.2) is 14.9 Å². The lowest BCUT2D eigenvalue weighted by Crippen LogP contribution is -2.40. The van der Waals surface area contributed by atoms with E-state index in [0.29, 0.717) is 5.82 Å². The molecule has 0 spiro atoms. The zero-order valence-electron chi connectivity index (χ0n) is 14.0. The van der Waals surface area contributed by atoms with Crippen LogP contribution in [0.2, 0.25) is 0 Å². The number of ether oxygens (including phenoxy) is 1. The molecule has 0 aliphatic carbocycles. The van der Waals surface area contributed by atoms with E-state index in [9.17, 15) is 22.8 Å². The summed E-state index contributed by atoms with van der Waals surface area (Å²) in [6.45, 7) is 3.76. The lowest BCUT2D eigenvalue weighted by atomic mass is 10.2. The summed E-state index contributed by atoms with van der Waals surface area (Å²) in [5.74, 6) is -0.533. The van der Waals surface area contributed by atoms with Gasteiger partial charge in [-0.1, -0.05) is 0 Å². The molecule has 3 heterocycles. The fourth-order valence-electron chi connectivity index (χ4n) is 2.59. The molecule has 0 fully saturated rings. The molecule has 1 aliphatic rings. The van der Waals surface area contributed by atoms with Gasteiger partial charge in [0.05, 0.1) is 12.6 Å². The van der Waals surface area contributed by atoms with Crippen molar-refractivity contribution in [3.05, 3.63) is 39.7 Å². The van der Waals surface area contributed by atoms with Crippen molar-refractivity contribution in [2.45, 2.75) is 39.2 Å². The molecular weight excluding hydrogens is 355 g/mol. The Labute approximate surface area is 145 Å². The summed E-state index contributed by atoms with van der Waals surface area (Å²) >= 11 is 0. The van der Waals surface area contributed by atoms with Crippen molar-refractivity contribution < 1.29 is 22.7 Å². The molecule has 1 amide bonds. The van der Waals surface area contributed by atoms with Gasteiger partial charge in [0.25, 0.3) is 5.91 Å². The van der Waals surface area contributed by atoms with Gasteiger partial charge in [0.1, 0.15) is 11.3 Å². The number of H-pyrrole nitrogens is 1. The van der Waals surface area contributed by atoms with Crippen LogP contribution in [0.3, 0.4) is 0 Å². The van der Waals surface area contributed by atoms with Crippen molar-refractivity contribution >= 4 is 5.91 Å². The van der Waals surface area contributed by atoms with E-state index in [0.717, 1.165) is 12.1 Å². The summed E-state index contributed by atoms with van der Waals surface area (Å²) in [6, 6.07) is 1.80. The SMILES string of the molecule is CC(C)Oc1nc(C(F)(F)F)ccc1C(=O)N1CCn2c(n[nH]c2=O)C1. The van der Waals surface area contributed by atoms with Gasteiger partial charge < -0.3 is 9.64 Å². The van der Waals surface area contributed by atoms with Gasteiger partial charge in [-0.2, -0.15) is 18.3 Å². The zero-order valence-corrected chi connectivity index (χ0v) is 14.0. The van der Waals surface area contributed by atoms with Crippen LogP contribution in [-0.2, 0) is 19.3 Å². The summed E-state index contributed by atoms with van der Waals surface area (Å²) in [7, 11) is 0. The maximum absolute atomic E-state index is 12.9. The molecule has 2 aromatic heterocycles. The standard InChI is InChI=1S/C15H16F3N5O3/c1-8(2)26-12-9(3-4-10(19-12)15(16,17)18)13(24)22-5-6-23-11(7-22)20-21-14(23)25/h3-4,8H,5-7H2,1-2H3,(H,21,25). The summed E-state index contributed by atoms with van der Waals surface area (Å²) in [6.07, 6.45) is -5.11. The number of aromatic amines is 1. The number of nitrogens with zero attached hydrogens (tertiary/aromatic N) is 4. The van der Waals surface area contributed by atoms with Crippen LogP contribution in [0.4, 0.5) is 13.2 Å². The maximum Gasteiger partial charge on any atom is 0.433 e. The molecule has 0 radical (unpaired) electrons. The number of alkyl halides is 3. The number of rotatable bonds is 3. The molecule has 0 atom stereocenters. The number of aromatic nitrogens is 4. The van der Waals surface area contributed by atoms with Crippen molar-refractivity contribution in [1.82, 2.24) is 24.6 Å². The van der Waals surface area contributed by atoms with Crippen LogP contribution in [0.1, 0.15) is 35.7 Å². The quantitative estimate of drug-likeness (QED) is 0.881. The number of carbonyl (C=O) groups is 1. The molecule has 0 bridgehead atoms. The molecule has 0 saturated carbocycles. The number of carbonyl (C=O) groups excluding carboxylic acids is 1. The molecule has 8 nitrogen and oxygen atoms in total. The van der Waals surface area contributed by atoms with Crippen molar-refractivity contribution in [1.29, 1.82) is 0 Å². The third kappa shape index (κ3) is 3.41. The van der Waals surface area contributed by atoms with Crippen molar-refractivity contribution in [2.75, 3.05) is 6.54 Å². The van der Waals surface area contributed by atoms with E-state index < -0.39 is 23.9 Å². The highest BCUT2D eigenvalue weighted by molar-refractivity contribution is 5.96. The average Bonchev–Trinajstić information content (AvgIpc) is 2.93. The Hall–Kier alpha value is -2.85. The number of hydrogen-bond acceptors (Lipinski definition) is 5. The normalized spacial score (nSPS) is 14.5. The first-order valence-corrected chi connectivity index (χ1v) is 7.85. The lowest BCUT2D eigenvalue weighted by Gasteiger charge is -2.27. The minimum Gasteiger partial charge on any atom is -0.474 e. The van der Waals surface area contributed by atoms with Crippen molar-refractivity contribution in [3.63, 3.8) is 0 Å². The third-order valence-electron chi connectivity index (χ3n) is 3.78. The van der Waals surface area contributed by atoms with Gasteiger partial charge in [-0.3, -0.25) is 9.36 Å². The fourth-order valence-corrected chi connectivity index (χ4v) is 2.59. The zero-order chi connectivity index (χ0) is 19.1. The van der Waals surface area contributed by atoms with Crippen LogP contribution in [-0.4, -0.2) is 43.2 Å². The van der Waals surface area contributed by atoms with Crippen LogP contribution in [0.25, 0.3) is 0 Å². The second-order valence-electron chi connectivity index (χ2n) is 6.04. The van der Waals surface area contributed by atoms with E-state index in [1.54, 1.807) is 13.8 Å². The smallest absolute Gasteiger partial charge is 0.433 e. The maximum atomic E-state index is 12.9. The molecule has 140 valence electrons. The molecule has 0 aromatic carbocycles. The van der Waals surface area contributed by atoms with Crippen molar-refractivity contribution in [3.8, 4) is 5.88 Å². The predicted octanol–water partition coefficient (Wildman–Crippen LogP) is 1.43. The number of hydrogen-bond donors (Lipinski definition) is 1. The van der Waals surface area contributed by atoms with Gasteiger partial charge in [0.2, 0.25) is 5.88 Å². The Balaban J connectivity index is 1.92. The van der Waals surface area contributed by atoms with E-state index >= 15 is 0 Å². The monoisotopic (exact) mass is 371 g/mol. The molecular formula is C15H16F3N5O3. The summed E-state index contributed by atoms with van der Waals surface area (Å²) in [4.78, 5) is 29.2. The molecule has 26 heavy (non-hydrogen) atoms. The number of amides is 1. The van der Waals surface area contributed by atoms with Gasteiger partial charge in [-0.15, -0.1) is 0 Å². The van der Waals surface area contributed by atoms with Crippen molar-refractivity contribution in [2.24, 2.45) is 0 Å². The van der Waals surface area contributed by atoms with Crippen LogP contribution in [0.15, 0.2) is 16.9 Å². The van der Waals surface area contributed by atoms with Gasteiger partial charge in [0, 0.05) is 13.1 Å². The van der Waals surface area contributed by atoms with E-state index in [2.05, 4.69) is 15.2 Å². The van der Waals surface area contributed by atoms with Gasteiger partial charge >= 0.3 is 11.9 Å². The summed E-state index contributed by atoms with van der Waals surface area (Å²) < 4.78 is 45.4. The van der Waals surface area contributed by atoms with E-state index in [1.807, 2.05) is 0 Å². The highest BCUT2D eigenvalue weighted by atomic mass is 19.4.